The molecule has 1 aliphatic carbocycles. The van der Waals surface area contributed by atoms with Gasteiger partial charge in [0.15, 0.2) is 0 Å². The number of piperazine rings is 1. The minimum Gasteiger partial charge on any atom is -0.319 e. The smallest absolute Gasteiger partial charge is 0.00772 e. The topological polar surface area (TPSA) is 36.1 Å². The summed E-state index contributed by atoms with van der Waals surface area (Å²) in [5.41, 5.74) is 0. The van der Waals surface area contributed by atoms with Gasteiger partial charge in [-0.25, -0.2) is 0 Å². The Bertz CT molecular complexity index is 138. The molecule has 16 heavy (non-hydrogen) atoms. The van der Waals surface area contributed by atoms with E-state index < -0.39 is 0 Å². The Labute approximate surface area is 101 Å². The quantitative estimate of drug-likeness (QED) is 0.664. The molecule has 3 N–H and O–H groups in total. The Morgan fingerprint density at radius 2 is 1.44 bits per heavy atom. The third-order valence-electron chi connectivity index (χ3n) is 3.59. The molecule has 0 aromatic carbocycles. The molecule has 2 fully saturated rings. The molecule has 1 aliphatic heterocycles. The predicted octanol–water partition coefficient (Wildman–Crippen LogP) is 1.21. The van der Waals surface area contributed by atoms with Crippen molar-refractivity contribution in [3.63, 3.8) is 0 Å². The van der Waals surface area contributed by atoms with Crippen molar-refractivity contribution >= 4 is 0 Å². The zero-order valence-electron chi connectivity index (χ0n) is 11.0. The number of hydrogen-bond donors (Lipinski definition) is 3. The average Bonchev–Trinajstić information content (AvgIpc) is 2.35. The van der Waals surface area contributed by atoms with Gasteiger partial charge < -0.3 is 16.0 Å². The first-order valence-electron chi connectivity index (χ1n) is 6.89. The summed E-state index contributed by atoms with van der Waals surface area (Å²) in [7, 11) is 2.05. The van der Waals surface area contributed by atoms with Crippen LogP contribution >= 0.6 is 0 Å². The molecule has 0 unspecified atom stereocenters. The first-order valence-corrected chi connectivity index (χ1v) is 6.89. The minimum atomic E-state index is 0.973. The monoisotopic (exact) mass is 227 g/mol. The Balaban J connectivity index is 0.000000181. The zero-order valence-corrected chi connectivity index (χ0v) is 11.0. The van der Waals surface area contributed by atoms with Crippen molar-refractivity contribution in [2.45, 2.75) is 32.6 Å². The second-order valence-corrected chi connectivity index (χ2v) is 5.18. The van der Waals surface area contributed by atoms with Crippen molar-refractivity contribution in [2.75, 3.05) is 39.8 Å². The fourth-order valence-electron chi connectivity index (χ4n) is 2.43. The van der Waals surface area contributed by atoms with Crippen molar-refractivity contribution in [3.8, 4) is 0 Å². The van der Waals surface area contributed by atoms with E-state index >= 15 is 0 Å². The fraction of sp³-hybridized carbons (Fsp3) is 1.00. The van der Waals surface area contributed by atoms with E-state index in [4.69, 9.17) is 0 Å². The molecule has 1 saturated carbocycles. The molecule has 2 aliphatic rings. The van der Waals surface area contributed by atoms with Crippen molar-refractivity contribution in [2.24, 2.45) is 11.8 Å². The molecule has 96 valence electrons. The van der Waals surface area contributed by atoms with Crippen LogP contribution < -0.4 is 16.0 Å². The minimum absolute atomic E-state index is 0.973. The van der Waals surface area contributed by atoms with E-state index in [0.717, 1.165) is 38.0 Å². The van der Waals surface area contributed by atoms with Gasteiger partial charge in [0.2, 0.25) is 0 Å². The molecule has 3 heteroatoms. The first-order chi connectivity index (χ1) is 7.83. The van der Waals surface area contributed by atoms with Crippen LogP contribution in [0.1, 0.15) is 32.6 Å². The molecule has 0 bridgehead atoms. The van der Waals surface area contributed by atoms with Crippen molar-refractivity contribution in [1.29, 1.82) is 0 Å². The Hall–Kier alpha value is -0.120. The molecule has 0 aromatic rings. The van der Waals surface area contributed by atoms with Gasteiger partial charge in [0.1, 0.15) is 0 Å². The van der Waals surface area contributed by atoms with E-state index in [-0.39, 0.29) is 0 Å². The lowest BCUT2D eigenvalue weighted by Crippen LogP contribution is -2.39. The van der Waals surface area contributed by atoms with Crippen LogP contribution in [0.4, 0.5) is 0 Å². The largest absolute Gasteiger partial charge is 0.319 e. The summed E-state index contributed by atoms with van der Waals surface area (Å²) in [4.78, 5) is 0. The zero-order chi connectivity index (χ0) is 11.6. The predicted molar refractivity (Wildman–Crippen MR) is 70.8 cm³/mol. The van der Waals surface area contributed by atoms with Crippen molar-refractivity contribution in [1.82, 2.24) is 16.0 Å². The van der Waals surface area contributed by atoms with E-state index in [2.05, 4.69) is 29.9 Å². The molecule has 1 saturated heterocycles. The summed E-state index contributed by atoms with van der Waals surface area (Å²) in [5, 5.41) is 9.70. The van der Waals surface area contributed by atoms with Gasteiger partial charge in [-0.2, -0.15) is 0 Å². The number of nitrogens with one attached hydrogen (secondary N) is 3. The van der Waals surface area contributed by atoms with E-state index in [9.17, 15) is 0 Å². The summed E-state index contributed by atoms with van der Waals surface area (Å²) in [5.74, 6) is 1.97. The fourth-order valence-corrected chi connectivity index (χ4v) is 2.43. The van der Waals surface area contributed by atoms with Crippen molar-refractivity contribution in [3.05, 3.63) is 0 Å². The van der Waals surface area contributed by atoms with E-state index in [1.54, 1.807) is 0 Å². The SMILES string of the molecule is C1CNCCN1.CNCC1CCC(C)CC1. The summed E-state index contributed by atoms with van der Waals surface area (Å²) in [6, 6.07) is 0. The standard InChI is InChI=1S/C9H19N.C4H10N2/c1-8-3-5-9(6-4-8)7-10-2;1-2-6-4-3-5-1/h8-10H,3-7H2,1-2H3;5-6H,1-4H2. The number of rotatable bonds is 2. The first kappa shape index (κ1) is 13.9. The summed E-state index contributed by atoms with van der Waals surface area (Å²) in [6.07, 6.45) is 5.79. The van der Waals surface area contributed by atoms with Gasteiger partial charge in [0.25, 0.3) is 0 Å². The molecule has 3 nitrogen and oxygen atoms in total. The normalized spacial score (nSPS) is 30.4. The van der Waals surface area contributed by atoms with Gasteiger partial charge in [0, 0.05) is 26.2 Å². The van der Waals surface area contributed by atoms with Gasteiger partial charge in [-0.05, 0) is 38.3 Å². The maximum Gasteiger partial charge on any atom is 0.00772 e. The van der Waals surface area contributed by atoms with Crippen LogP contribution in [0.2, 0.25) is 0 Å². The van der Waals surface area contributed by atoms with Crippen LogP contribution in [0.5, 0.6) is 0 Å². The van der Waals surface area contributed by atoms with Crippen LogP contribution in [0.3, 0.4) is 0 Å². The molecule has 0 aromatic heterocycles. The Kier molecular flexibility index (Phi) is 7.81. The molecule has 2 rings (SSSR count). The summed E-state index contributed by atoms with van der Waals surface area (Å²) in [6.45, 7) is 8.16. The lowest BCUT2D eigenvalue weighted by molar-refractivity contribution is 0.286. The second-order valence-electron chi connectivity index (χ2n) is 5.18. The van der Waals surface area contributed by atoms with E-state index in [1.807, 2.05) is 0 Å². The highest BCUT2D eigenvalue weighted by Crippen LogP contribution is 2.27. The molecule has 0 amide bonds. The summed E-state index contributed by atoms with van der Waals surface area (Å²) >= 11 is 0. The van der Waals surface area contributed by atoms with E-state index in [1.165, 1.54) is 32.2 Å². The highest BCUT2D eigenvalue weighted by atomic mass is 15.0. The molecular formula is C13H29N3. The van der Waals surface area contributed by atoms with E-state index in [0.29, 0.717) is 0 Å². The van der Waals surface area contributed by atoms with Crippen LogP contribution in [0, 0.1) is 11.8 Å². The van der Waals surface area contributed by atoms with Crippen LogP contribution in [-0.2, 0) is 0 Å². The summed E-state index contributed by atoms with van der Waals surface area (Å²) < 4.78 is 0. The Morgan fingerprint density at radius 1 is 0.938 bits per heavy atom. The second kappa shape index (κ2) is 8.97. The third-order valence-corrected chi connectivity index (χ3v) is 3.59. The van der Waals surface area contributed by atoms with Crippen LogP contribution in [0.15, 0.2) is 0 Å². The Morgan fingerprint density at radius 3 is 1.81 bits per heavy atom. The molecule has 0 radical (unpaired) electrons. The molecule has 1 heterocycles. The maximum absolute atomic E-state index is 3.25. The van der Waals surface area contributed by atoms with Gasteiger partial charge in [0.05, 0.1) is 0 Å². The van der Waals surface area contributed by atoms with Gasteiger partial charge in [-0.15, -0.1) is 0 Å². The molecule has 0 spiro atoms. The average molecular weight is 227 g/mol. The van der Waals surface area contributed by atoms with Gasteiger partial charge in [-0.3, -0.25) is 0 Å². The highest BCUT2D eigenvalue weighted by Gasteiger charge is 2.16. The van der Waals surface area contributed by atoms with Crippen molar-refractivity contribution < 1.29 is 0 Å². The maximum atomic E-state index is 3.25. The van der Waals surface area contributed by atoms with Crippen LogP contribution in [-0.4, -0.2) is 39.8 Å². The molecular weight excluding hydrogens is 198 g/mol. The van der Waals surface area contributed by atoms with Gasteiger partial charge in [-0.1, -0.05) is 19.8 Å². The lowest BCUT2D eigenvalue weighted by Gasteiger charge is -2.25. The molecule has 0 atom stereocenters. The highest BCUT2D eigenvalue weighted by molar-refractivity contribution is 4.70. The lowest BCUT2D eigenvalue weighted by atomic mass is 9.83. The third kappa shape index (κ3) is 6.46. The van der Waals surface area contributed by atoms with Crippen LogP contribution in [0.25, 0.3) is 0 Å². The number of hydrogen-bond acceptors (Lipinski definition) is 3. The van der Waals surface area contributed by atoms with Gasteiger partial charge >= 0.3 is 0 Å².